The van der Waals surface area contributed by atoms with Gasteiger partial charge in [0.2, 0.25) is 5.91 Å². The number of thioether (sulfide) groups is 1. The standard InChI is InChI=1S/C25H30N4O8S/c1-6-12-29-23(18-10-8-7-9-11-18)27-28-25(29)38-24-20(26-14(2)30)22(36-17(5)33)21(35-16(4)32)19(37-24)13-34-15(3)31/h6-11,19-22,24H,1,12-13H2,2-5H3,(H,26,30)/t19-,20+,21-,22-,24+/m1/s1. The maximum atomic E-state index is 12.2. The molecule has 0 radical (unpaired) electrons. The second kappa shape index (κ2) is 13.2. The zero-order valence-corrected chi connectivity index (χ0v) is 22.3. The van der Waals surface area contributed by atoms with E-state index >= 15 is 0 Å². The van der Waals surface area contributed by atoms with Crippen molar-refractivity contribution in [1.82, 2.24) is 20.1 Å². The summed E-state index contributed by atoms with van der Waals surface area (Å²) in [7, 11) is 0. The van der Waals surface area contributed by atoms with Crippen molar-refractivity contribution in [2.75, 3.05) is 6.61 Å². The van der Waals surface area contributed by atoms with Crippen LogP contribution >= 0.6 is 11.8 Å². The van der Waals surface area contributed by atoms with Crippen LogP contribution in [0.5, 0.6) is 0 Å². The van der Waals surface area contributed by atoms with Crippen LogP contribution in [0.15, 0.2) is 48.1 Å². The summed E-state index contributed by atoms with van der Waals surface area (Å²) < 4.78 is 24.2. The zero-order chi connectivity index (χ0) is 27.8. The summed E-state index contributed by atoms with van der Waals surface area (Å²) in [5.74, 6) is -1.76. The summed E-state index contributed by atoms with van der Waals surface area (Å²) in [6.45, 7) is 8.81. The summed E-state index contributed by atoms with van der Waals surface area (Å²) in [5.41, 5.74) is -0.0795. The fourth-order valence-electron chi connectivity index (χ4n) is 3.97. The van der Waals surface area contributed by atoms with E-state index in [0.717, 1.165) is 17.3 Å². The highest BCUT2D eigenvalue weighted by atomic mass is 32.2. The molecule has 0 unspecified atom stereocenters. The molecule has 1 aromatic heterocycles. The Balaban J connectivity index is 2.04. The topological polar surface area (TPSA) is 148 Å². The summed E-state index contributed by atoms with van der Waals surface area (Å²) in [6.07, 6.45) is -1.65. The average molecular weight is 547 g/mol. The molecular weight excluding hydrogens is 516 g/mol. The quantitative estimate of drug-likeness (QED) is 0.264. The average Bonchev–Trinajstić information content (AvgIpc) is 3.23. The molecule has 204 valence electrons. The van der Waals surface area contributed by atoms with Crippen LogP contribution in [0.25, 0.3) is 11.4 Å². The normalized spacial score (nSPS) is 22.7. The van der Waals surface area contributed by atoms with Crippen LogP contribution in [-0.4, -0.2) is 75.0 Å². The zero-order valence-electron chi connectivity index (χ0n) is 21.5. The minimum absolute atomic E-state index is 0.288. The van der Waals surface area contributed by atoms with Gasteiger partial charge >= 0.3 is 17.9 Å². The minimum atomic E-state index is -1.17. The Hall–Kier alpha value is -3.71. The highest BCUT2D eigenvalue weighted by Gasteiger charge is 2.51. The number of amides is 1. The second-order valence-corrected chi connectivity index (χ2v) is 9.47. The third-order valence-electron chi connectivity index (χ3n) is 5.35. The number of carbonyl (C=O) groups is 4. The number of allylic oxidation sites excluding steroid dienone is 1. The number of hydrogen-bond acceptors (Lipinski definition) is 11. The molecule has 2 aromatic rings. The number of carbonyl (C=O) groups excluding carboxylic acids is 4. The largest absolute Gasteiger partial charge is 0.463 e. The molecule has 1 aliphatic rings. The van der Waals surface area contributed by atoms with E-state index in [0.29, 0.717) is 17.5 Å². The molecule has 12 nitrogen and oxygen atoms in total. The molecule has 13 heteroatoms. The van der Waals surface area contributed by atoms with Gasteiger partial charge in [-0.2, -0.15) is 0 Å². The first-order valence-corrected chi connectivity index (χ1v) is 12.6. The van der Waals surface area contributed by atoms with E-state index < -0.39 is 53.6 Å². The van der Waals surface area contributed by atoms with E-state index in [9.17, 15) is 19.2 Å². The van der Waals surface area contributed by atoms with E-state index in [1.165, 1.54) is 27.7 Å². The molecule has 2 heterocycles. The lowest BCUT2D eigenvalue weighted by atomic mass is 9.97. The molecule has 0 saturated carbocycles. The van der Waals surface area contributed by atoms with Gasteiger partial charge in [0.25, 0.3) is 0 Å². The molecule has 5 atom stereocenters. The predicted molar refractivity (Wildman–Crippen MR) is 136 cm³/mol. The van der Waals surface area contributed by atoms with Gasteiger partial charge < -0.3 is 24.3 Å². The molecule has 0 spiro atoms. The number of nitrogens with one attached hydrogen (secondary N) is 1. The maximum Gasteiger partial charge on any atom is 0.303 e. The number of hydrogen-bond donors (Lipinski definition) is 1. The molecule has 1 fully saturated rings. The van der Waals surface area contributed by atoms with Gasteiger partial charge in [-0.15, -0.1) is 16.8 Å². The monoisotopic (exact) mass is 546 g/mol. The molecule has 1 saturated heterocycles. The Morgan fingerprint density at radius 3 is 2.26 bits per heavy atom. The fourth-order valence-corrected chi connectivity index (χ4v) is 5.12. The van der Waals surface area contributed by atoms with Crippen LogP contribution in [0.1, 0.15) is 27.7 Å². The van der Waals surface area contributed by atoms with Gasteiger partial charge in [-0.05, 0) is 0 Å². The summed E-state index contributed by atoms with van der Waals surface area (Å²) in [6, 6.07) is 8.47. The van der Waals surface area contributed by atoms with Gasteiger partial charge in [0.15, 0.2) is 23.2 Å². The smallest absolute Gasteiger partial charge is 0.303 e. The number of rotatable bonds is 10. The van der Waals surface area contributed by atoms with Crippen molar-refractivity contribution in [2.45, 2.75) is 69.2 Å². The number of esters is 3. The van der Waals surface area contributed by atoms with Crippen LogP contribution in [0.3, 0.4) is 0 Å². The second-order valence-electron chi connectivity index (χ2n) is 8.41. The van der Waals surface area contributed by atoms with Gasteiger partial charge in [-0.3, -0.25) is 23.7 Å². The molecule has 0 bridgehead atoms. The fraction of sp³-hybridized carbons (Fsp3) is 0.440. The summed E-state index contributed by atoms with van der Waals surface area (Å²) >= 11 is 1.12. The van der Waals surface area contributed by atoms with E-state index in [4.69, 9.17) is 18.9 Å². The van der Waals surface area contributed by atoms with Crippen molar-refractivity contribution in [3.05, 3.63) is 43.0 Å². The first-order valence-electron chi connectivity index (χ1n) is 11.8. The van der Waals surface area contributed by atoms with Crippen molar-refractivity contribution in [3.8, 4) is 11.4 Å². The third-order valence-corrected chi connectivity index (χ3v) is 6.50. The van der Waals surface area contributed by atoms with Crippen molar-refractivity contribution in [1.29, 1.82) is 0 Å². The molecule has 3 rings (SSSR count). The van der Waals surface area contributed by atoms with Gasteiger partial charge in [0.05, 0.1) is 0 Å². The SMILES string of the molecule is C=CCn1c(S[C@@H]2O[C@H](COC(C)=O)[C@@H](OC(C)=O)[C@H](OC(C)=O)[C@@H]2NC(C)=O)nnc1-c1ccccc1. The highest BCUT2D eigenvalue weighted by Crippen LogP contribution is 2.36. The van der Waals surface area contributed by atoms with Crippen molar-refractivity contribution >= 4 is 35.6 Å². The van der Waals surface area contributed by atoms with Gasteiger partial charge in [-0.1, -0.05) is 48.2 Å². The van der Waals surface area contributed by atoms with Crippen molar-refractivity contribution in [2.24, 2.45) is 0 Å². The Morgan fingerprint density at radius 2 is 1.68 bits per heavy atom. The Labute approximate surface area is 224 Å². The molecule has 1 aliphatic heterocycles. The lowest BCUT2D eigenvalue weighted by molar-refractivity contribution is -0.211. The number of nitrogens with zero attached hydrogens (tertiary/aromatic N) is 3. The summed E-state index contributed by atoms with van der Waals surface area (Å²) in [5, 5.41) is 11.8. The molecule has 1 amide bonds. The van der Waals surface area contributed by atoms with Crippen LogP contribution in [0.4, 0.5) is 0 Å². The highest BCUT2D eigenvalue weighted by molar-refractivity contribution is 7.99. The molecular formula is C25H30N4O8S. The van der Waals surface area contributed by atoms with E-state index in [1.54, 1.807) is 6.08 Å². The Kier molecular flexibility index (Phi) is 10.0. The van der Waals surface area contributed by atoms with Gasteiger partial charge in [-0.25, -0.2) is 0 Å². The number of aromatic nitrogens is 3. The van der Waals surface area contributed by atoms with E-state index in [2.05, 4.69) is 22.1 Å². The lowest BCUT2D eigenvalue weighted by Crippen LogP contribution is -2.65. The minimum Gasteiger partial charge on any atom is -0.463 e. The molecule has 1 N–H and O–H groups in total. The van der Waals surface area contributed by atoms with E-state index in [1.807, 2.05) is 34.9 Å². The molecule has 38 heavy (non-hydrogen) atoms. The number of ether oxygens (including phenoxy) is 4. The molecule has 1 aromatic carbocycles. The third kappa shape index (κ3) is 7.42. The predicted octanol–water partition coefficient (Wildman–Crippen LogP) is 1.88. The number of benzene rings is 1. The van der Waals surface area contributed by atoms with Gasteiger partial charge in [0.1, 0.15) is 24.2 Å². The van der Waals surface area contributed by atoms with Crippen molar-refractivity contribution in [3.63, 3.8) is 0 Å². The van der Waals surface area contributed by atoms with Gasteiger partial charge in [0, 0.05) is 39.8 Å². The Bertz CT molecular complexity index is 1170. The first kappa shape index (κ1) is 28.9. The lowest BCUT2D eigenvalue weighted by Gasteiger charge is -2.44. The van der Waals surface area contributed by atoms with Crippen LogP contribution < -0.4 is 5.32 Å². The van der Waals surface area contributed by atoms with Crippen LogP contribution in [0, 0.1) is 0 Å². The molecule has 0 aliphatic carbocycles. The Morgan fingerprint density at radius 1 is 1.03 bits per heavy atom. The maximum absolute atomic E-state index is 12.2. The van der Waals surface area contributed by atoms with Crippen LogP contribution in [0.2, 0.25) is 0 Å². The van der Waals surface area contributed by atoms with Crippen LogP contribution in [-0.2, 0) is 44.7 Å². The summed E-state index contributed by atoms with van der Waals surface area (Å²) in [4.78, 5) is 47.7. The van der Waals surface area contributed by atoms with E-state index in [-0.39, 0.29) is 6.61 Å². The first-order chi connectivity index (χ1) is 18.1. The van der Waals surface area contributed by atoms with Crippen molar-refractivity contribution < 1.29 is 38.1 Å².